The monoisotopic (exact) mass is 268 g/mol. The molecule has 1 aliphatic heterocycles. The van der Waals surface area contributed by atoms with Crippen LogP contribution in [0.3, 0.4) is 0 Å². The second-order valence-corrected chi connectivity index (χ2v) is 5.46. The molecule has 7 heteroatoms. The first-order valence-corrected chi connectivity index (χ1v) is 7.18. The molecule has 6 nitrogen and oxygen atoms in total. The maximum absolute atomic E-state index is 12.2. The highest BCUT2D eigenvalue weighted by molar-refractivity contribution is 7.13. The SMILES string of the molecule is O=C(Nc1nncs1)N1CCO[C@H]2CCCC[C@@H]21. The first-order chi connectivity index (χ1) is 8.84. The minimum atomic E-state index is -0.0769. The van der Waals surface area contributed by atoms with Gasteiger partial charge in [0.25, 0.3) is 0 Å². The van der Waals surface area contributed by atoms with Crippen LogP contribution in [0.15, 0.2) is 5.51 Å². The summed E-state index contributed by atoms with van der Waals surface area (Å²) >= 11 is 1.33. The van der Waals surface area contributed by atoms with Crippen LogP contribution >= 0.6 is 11.3 Å². The number of urea groups is 1. The molecular weight excluding hydrogens is 252 g/mol. The summed E-state index contributed by atoms with van der Waals surface area (Å²) in [7, 11) is 0. The normalized spacial score (nSPS) is 27.7. The zero-order valence-corrected chi connectivity index (χ0v) is 10.9. The maximum Gasteiger partial charge on any atom is 0.324 e. The number of ether oxygens (including phenoxy) is 1. The highest BCUT2D eigenvalue weighted by Crippen LogP contribution is 2.28. The van der Waals surface area contributed by atoms with Crippen LogP contribution < -0.4 is 5.32 Å². The van der Waals surface area contributed by atoms with Gasteiger partial charge in [-0.3, -0.25) is 5.32 Å². The predicted octanol–water partition coefficient (Wildman–Crippen LogP) is 1.71. The van der Waals surface area contributed by atoms with E-state index in [4.69, 9.17) is 4.74 Å². The Hall–Kier alpha value is -1.21. The molecule has 2 aliphatic rings. The Kier molecular flexibility index (Phi) is 3.42. The third-order valence-electron chi connectivity index (χ3n) is 3.57. The molecule has 98 valence electrons. The number of amides is 2. The molecule has 3 rings (SSSR count). The van der Waals surface area contributed by atoms with Crippen molar-refractivity contribution in [2.45, 2.75) is 37.8 Å². The topological polar surface area (TPSA) is 67.4 Å². The lowest BCUT2D eigenvalue weighted by Crippen LogP contribution is -2.55. The zero-order valence-electron chi connectivity index (χ0n) is 10.0. The van der Waals surface area contributed by atoms with Gasteiger partial charge in [0, 0.05) is 6.54 Å². The first kappa shape index (κ1) is 11.9. The number of morpholine rings is 1. The molecule has 1 aliphatic carbocycles. The van der Waals surface area contributed by atoms with E-state index in [1.807, 2.05) is 4.90 Å². The molecule has 2 heterocycles. The van der Waals surface area contributed by atoms with Crippen LogP contribution in [0.2, 0.25) is 0 Å². The molecule has 18 heavy (non-hydrogen) atoms. The number of nitrogens with zero attached hydrogens (tertiary/aromatic N) is 3. The number of aromatic nitrogens is 2. The molecule has 1 N–H and O–H groups in total. The summed E-state index contributed by atoms with van der Waals surface area (Å²) < 4.78 is 5.75. The number of nitrogens with one attached hydrogen (secondary N) is 1. The Bertz CT molecular complexity index is 409. The fourth-order valence-electron chi connectivity index (χ4n) is 2.74. The Labute approximate surface area is 109 Å². The lowest BCUT2D eigenvalue weighted by Gasteiger charge is -2.43. The minimum Gasteiger partial charge on any atom is -0.374 e. The van der Waals surface area contributed by atoms with Gasteiger partial charge in [0.15, 0.2) is 0 Å². The van der Waals surface area contributed by atoms with Crippen molar-refractivity contribution in [1.29, 1.82) is 0 Å². The Balaban J connectivity index is 1.68. The molecule has 0 unspecified atom stereocenters. The van der Waals surface area contributed by atoms with Crippen molar-refractivity contribution < 1.29 is 9.53 Å². The average Bonchev–Trinajstić information content (AvgIpc) is 2.91. The highest BCUT2D eigenvalue weighted by Gasteiger charge is 2.36. The zero-order chi connectivity index (χ0) is 12.4. The maximum atomic E-state index is 12.2. The number of anilines is 1. The molecule has 2 fully saturated rings. The van der Waals surface area contributed by atoms with Crippen LogP contribution in [0.25, 0.3) is 0 Å². The van der Waals surface area contributed by atoms with Crippen LogP contribution in [0, 0.1) is 0 Å². The van der Waals surface area contributed by atoms with E-state index < -0.39 is 0 Å². The molecule has 0 aromatic carbocycles. The lowest BCUT2D eigenvalue weighted by molar-refractivity contribution is -0.0694. The second-order valence-electron chi connectivity index (χ2n) is 4.63. The molecule has 0 bridgehead atoms. The van der Waals surface area contributed by atoms with Gasteiger partial charge in [-0.15, -0.1) is 10.2 Å². The minimum absolute atomic E-state index is 0.0769. The van der Waals surface area contributed by atoms with E-state index in [0.717, 1.165) is 12.8 Å². The third kappa shape index (κ3) is 2.32. The van der Waals surface area contributed by atoms with Crippen molar-refractivity contribution in [2.24, 2.45) is 0 Å². The molecule has 1 saturated heterocycles. The number of carbonyl (C=O) groups is 1. The number of fused-ring (bicyclic) bond motifs is 1. The summed E-state index contributed by atoms with van der Waals surface area (Å²) in [5, 5.41) is 10.9. The largest absolute Gasteiger partial charge is 0.374 e. The van der Waals surface area contributed by atoms with E-state index in [2.05, 4.69) is 15.5 Å². The summed E-state index contributed by atoms with van der Waals surface area (Å²) in [6.45, 7) is 1.29. The number of carbonyl (C=O) groups excluding carboxylic acids is 1. The standard InChI is InChI=1S/C11H16N4O2S/c16-11(13-10-14-12-7-18-10)15-5-6-17-9-4-2-1-3-8(9)15/h7-9H,1-6H2,(H,13,14,16)/t8-,9-/m0/s1. The van der Waals surface area contributed by atoms with Crippen LogP contribution in [-0.4, -0.2) is 46.4 Å². The second kappa shape index (κ2) is 5.19. The summed E-state index contributed by atoms with van der Waals surface area (Å²) in [4.78, 5) is 14.1. The summed E-state index contributed by atoms with van der Waals surface area (Å²) in [6.07, 6.45) is 4.69. The van der Waals surface area contributed by atoms with E-state index in [-0.39, 0.29) is 18.2 Å². The lowest BCUT2D eigenvalue weighted by atomic mass is 9.90. The molecule has 1 aromatic rings. The van der Waals surface area contributed by atoms with Crippen molar-refractivity contribution in [3.63, 3.8) is 0 Å². The number of hydrogen-bond acceptors (Lipinski definition) is 5. The Morgan fingerprint density at radius 3 is 3.22 bits per heavy atom. The fourth-order valence-corrected chi connectivity index (χ4v) is 3.17. The van der Waals surface area contributed by atoms with E-state index in [0.29, 0.717) is 18.3 Å². The highest BCUT2D eigenvalue weighted by atomic mass is 32.1. The Morgan fingerprint density at radius 2 is 2.39 bits per heavy atom. The first-order valence-electron chi connectivity index (χ1n) is 6.30. The van der Waals surface area contributed by atoms with Gasteiger partial charge in [0.2, 0.25) is 5.13 Å². The van der Waals surface area contributed by atoms with Crippen molar-refractivity contribution in [3.05, 3.63) is 5.51 Å². The van der Waals surface area contributed by atoms with Gasteiger partial charge in [-0.05, 0) is 12.8 Å². The van der Waals surface area contributed by atoms with Crippen LogP contribution in [0.5, 0.6) is 0 Å². The molecule has 0 radical (unpaired) electrons. The molecule has 2 amide bonds. The molecule has 2 atom stereocenters. The predicted molar refractivity (Wildman–Crippen MR) is 67.6 cm³/mol. The van der Waals surface area contributed by atoms with Gasteiger partial charge in [-0.1, -0.05) is 24.2 Å². The van der Waals surface area contributed by atoms with E-state index in [9.17, 15) is 4.79 Å². The van der Waals surface area contributed by atoms with Crippen molar-refractivity contribution >= 4 is 22.5 Å². The van der Waals surface area contributed by atoms with Crippen molar-refractivity contribution in [3.8, 4) is 0 Å². The van der Waals surface area contributed by atoms with E-state index in [1.165, 1.54) is 24.2 Å². The fraction of sp³-hybridized carbons (Fsp3) is 0.727. The van der Waals surface area contributed by atoms with E-state index in [1.54, 1.807) is 5.51 Å². The quantitative estimate of drug-likeness (QED) is 0.842. The van der Waals surface area contributed by atoms with Crippen LogP contribution in [-0.2, 0) is 4.74 Å². The molecule has 1 aromatic heterocycles. The van der Waals surface area contributed by atoms with E-state index >= 15 is 0 Å². The van der Waals surface area contributed by atoms with Gasteiger partial charge >= 0.3 is 6.03 Å². The Morgan fingerprint density at radius 1 is 1.50 bits per heavy atom. The molecular formula is C11H16N4O2S. The van der Waals surface area contributed by atoms with Gasteiger partial charge in [0.05, 0.1) is 18.8 Å². The van der Waals surface area contributed by atoms with Gasteiger partial charge in [-0.2, -0.15) is 0 Å². The number of rotatable bonds is 1. The van der Waals surface area contributed by atoms with Gasteiger partial charge < -0.3 is 9.64 Å². The average molecular weight is 268 g/mol. The van der Waals surface area contributed by atoms with Crippen LogP contribution in [0.4, 0.5) is 9.93 Å². The van der Waals surface area contributed by atoms with Crippen molar-refractivity contribution in [2.75, 3.05) is 18.5 Å². The van der Waals surface area contributed by atoms with Gasteiger partial charge in [-0.25, -0.2) is 4.79 Å². The van der Waals surface area contributed by atoms with Gasteiger partial charge in [0.1, 0.15) is 5.51 Å². The molecule has 1 saturated carbocycles. The smallest absolute Gasteiger partial charge is 0.324 e. The summed E-state index contributed by atoms with van der Waals surface area (Å²) in [5.41, 5.74) is 1.61. The van der Waals surface area contributed by atoms with Crippen molar-refractivity contribution in [1.82, 2.24) is 15.1 Å². The number of hydrogen-bond donors (Lipinski definition) is 1. The van der Waals surface area contributed by atoms with Crippen LogP contribution in [0.1, 0.15) is 25.7 Å². The summed E-state index contributed by atoms with van der Waals surface area (Å²) in [6, 6.07) is 0.146. The third-order valence-corrected chi connectivity index (χ3v) is 4.17. The molecule has 0 spiro atoms. The summed E-state index contributed by atoms with van der Waals surface area (Å²) in [5.74, 6) is 0.